The highest BCUT2D eigenvalue weighted by atomic mass is 35.5. The number of hydrogen-bond donors (Lipinski definition) is 0. The van der Waals surface area contributed by atoms with E-state index in [4.69, 9.17) is 34.8 Å². The van der Waals surface area contributed by atoms with Crippen LogP contribution in [0.5, 0.6) is 0 Å². The number of benzene rings is 1. The first kappa shape index (κ1) is 16.8. The molecule has 3 nitrogen and oxygen atoms in total. The lowest BCUT2D eigenvalue weighted by molar-refractivity contribution is -0.139. The van der Waals surface area contributed by atoms with Crippen LogP contribution in [0.4, 0.5) is 0 Å². The van der Waals surface area contributed by atoms with E-state index in [9.17, 15) is 9.59 Å². The third-order valence-electron chi connectivity index (χ3n) is 4.45. The number of carbonyl (C=O) groups is 2. The molecule has 1 heterocycles. The van der Waals surface area contributed by atoms with Gasteiger partial charge in [-0.15, -0.1) is 0 Å². The van der Waals surface area contributed by atoms with Crippen molar-refractivity contribution in [1.29, 1.82) is 0 Å². The Morgan fingerprint density at radius 2 is 1.57 bits per heavy atom. The third-order valence-corrected chi connectivity index (χ3v) is 5.35. The first-order valence-electron chi connectivity index (χ1n) is 7.74. The quantitative estimate of drug-likeness (QED) is 0.539. The molecular weight excluding hydrogens is 357 g/mol. The Morgan fingerprint density at radius 1 is 0.913 bits per heavy atom. The van der Waals surface area contributed by atoms with Crippen molar-refractivity contribution in [3.63, 3.8) is 0 Å². The summed E-state index contributed by atoms with van der Waals surface area (Å²) >= 11 is 18.3. The maximum Gasteiger partial charge on any atom is 0.273 e. The minimum atomic E-state index is -0.412. The fourth-order valence-electron chi connectivity index (χ4n) is 3.29. The van der Waals surface area contributed by atoms with E-state index in [0.717, 1.165) is 38.5 Å². The number of hydrogen-bond acceptors (Lipinski definition) is 2. The standard InChI is InChI=1S/C17H16Cl3NO2/c18-10-7-8-12(13(19)9-10)14-15(20)17(23)21(16(14)22)11-5-3-1-2-4-6-11/h7-9,11H,1-6H2. The van der Waals surface area contributed by atoms with Crippen molar-refractivity contribution in [1.82, 2.24) is 4.90 Å². The van der Waals surface area contributed by atoms with Crippen LogP contribution in [0.2, 0.25) is 10.0 Å². The van der Waals surface area contributed by atoms with Crippen molar-refractivity contribution in [2.75, 3.05) is 0 Å². The van der Waals surface area contributed by atoms with Gasteiger partial charge in [0, 0.05) is 16.6 Å². The van der Waals surface area contributed by atoms with Gasteiger partial charge in [-0.2, -0.15) is 0 Å². The smallest absolute Gasteiger partial charge is 0.270 e. The SMILES string of the molecule is O=C1C(Cl)=C(c2ccc(Cl)cc2Cl)C(=O)N1C1CCCCCC1. The van der Waals surface area contributed by atoms with E-state index in [1.165, 1.54) is 4.90 Å². The van der Waals surface area contributed by atoms with E-state index in [0.29, 0.717) is 15.6 Å². The molecule has 1 saturated carbocycles. The fraction of sp³-hybridized carbons (Fsp3) is 0.412. The van der Waals surface area contributed by atoms with E-state index < -0.39 is 5.91 Å². The van der Waals surface area contributed by atoms with Gasteiger partial charge in [0.05, 0.1) is 10.6 Å². The number of carbonyl (C=O) groups excluding carboxylic acids is 2. The predicted molar refractivity (Wildman–Crippen MR) is 92.6 cm³/mol. The molecule has 0 radical (unpaired) electrons. The zero-order valence-corrected chi connectivity index (χ0v) is 14.7. The summed E-state index contributed by atoms with van der Waals surface area (Å²) in [5.74, 6) is -0.763. The summed E-state index contributed by atoms with van der Waals surface area (Å²) in [5, 5.41) is 0.728. The maximum atomic E-state index is 12.8. The van der Waals surface area contributed by atoms with Gasteiger partial charge in [-0.1, -0.05) is 66.6 Å². The summed E-state index contributed by atoms with van der Waals surface area (Å²) in [6.07, 6.45) is 6.01. The largest absolute Gasteiger partial charge is 0.273 e. The van der Waals surface area contributed by atoms with Gasteiger partial charge in [0.2, 0.25) is 0 Å². The van der Waals surface area contributed by atoms with Crippen LogP contribution in [0.1, 0.15) is 44.1 Å². The molecule has 1 aromatic rings. The summed E-state index contributed by atoms with van der Waals surface area (Å²) < 4.78 is 0. The molecule has 1 aromatic carbocycles. The molecule has 0 unspecified atom stereocenters. The van der Waals surface area contributed by atoms with Crippen LogP contribution in [0.25, 0.3) is 5.57 Å². The molecule has 0 spiro atoms. The van der Waals surface area contributed by atoms with Crippen LogP contribution in [-0.4, -0.2) is 22.8 Å². The van der Waals surface area contributed by atoms with Crippen molar-refractivity contribution in [2.24, 2.45) is 0 Å². The second-order valence-corrected chi connectivity index (χ2v) is 7.16. The van der Waals surface area contributed by atoms with Crippen LogP contribution < -0.4 is 0 Å². The summed E-state index contributed by atoms with van der Waals surface area (Å²) in [4.78, 5) is 26.7. The molecule has 122 valence electrons. The van der Waals surface area contributed by atoms with Crippen LogP contribution in [0.3, 0.4) is 0 Å². The van der Waals surface area contributed by atoms with E-state index >= 15 is 0 Å². The van der Waals surface area contributed by atoms with E-state index in [1.807, 2.05) is 0 Å². The highest BCUT2D eigenvalue weighted by molar-refractivity contribution is 6.55. The average molecular weight is 373 g/mol. The minimum absolute atomic E-state index is 0.0523. The molecule has 0 aromatic heterocycles. The van der Waals surface area contributed by atoms with Gasteiger partial charge in [-0.3, -0.25) is 14.5 Å². The summed E-state index contributed by atoms with van der Waals surface area (Å²) in [6, 6.07) is 4.73. The molecule has 23 heavy (non-hydrogen) atoms. The molecule has 3 rings (SSSR count). The number of imide groups is 1. The fourth-order valence-corrected chi connectivity index (χ4v) is 4.07. The van der Waals surface area contributed by atoms with Gasteiger partial charge in [-0.25, -0.2) is 0 Å². The molecule has 2 aliphatic rings. The molecule has 1 aliphatic carbocycles. The highest BCUT2D eigenvalue weighted by Crippen LogP contribution is 2.38. The maximum absolute atomic E-state index is 12.8. The minimum Gasteiger partial charge on any atom is -0.270 e. The number of amides is 2. The van der Waals surface area contributed by atoms with Crippen LogP contribution in [-0.2, 0) is 9.59 Å². The number of halogens is 3. The molecule has 0 N–H and O–H groups in total. The van der Waals surface area contributed by atoms with E-state index in [2.05, 4.69) is 0 Å². The molecule has 1 aliphatic heterocycles. The lowest BCUT2D eigenvalue weighted by Gasteiger charge is -2.25. The molecule has 0 saturated heterocycles. The second kappa shape index (κ2) is 6.84. The van der Waals surface area contributed by atoms with Crippen molar-refractivity contribution < 1.29 is 9.59 Å². The summed E-state index contributed by atoms with van der Waals surface area (Å²) in [6.45, 7) is 0. The Bertz CT molecular complexity index is 691. The van der Waals surface area contributed by atoms with Gasteiger partial charge in [-0.05, 0) is 25.0 Å². The van der Waals surface area contributed by atoms with Crippen LogP contribution in [0.15, 0.2) is 23.2 Å². The zero-order valence-electron chi connectivity index (χ0n) is 12.4. The first-order chi connectivity index (χ1) is 11.0. The Morgan fingerprint density at radius 3 is 2.17 bits per heavy atom. The highest BCUT2D eigenvalue weighted by Gasteiger charge is 2.42. The van der Waals surface area contributed by atoms with Gasteiger partial charge in [0.1, 0.15) is 5.03 Å². The van der Waals surface area contributed by atoms with Crippen molar-refractivity contribution >= 4 is 52.2 Å². The Hall–Kier alpha value is -1.03. The Balaban J connectivity index is 1.96. The lowest BCUT2D eigenvalue weighted by atomic mass is 10.0. The number of nitrogens with zero attached hydrogens (tertiary/aromatic N) is 1. The normalized spacial score (nSPS) is 20.4. The summed E-state index contributed by atoms with van der Waals surface area (Å²) in [5.41, 5.74) is 0.637. The monoisotopic (exact) mass is 371 g/mol. The van der Waals surface area contributed by atoms with Crippen molar-refractivity contribution in [2.45, 2.75) is 44.6 Å². The topological polar surface area (TPSA) is 37.4 Å². The molecular formula is C17H16Cl3NO2. The molecule has 0 bridgehead atoms. The van der Waals surface area contributed by atoms with Gasteiger partial charge >= 0.3 is 0 Å². The van der Waals surface area contributed by atoms with Gasteiger partial charge in [0.15, 0.2) is 0 Å². The van der Waals surface area contributed by atoms with E-state index in [-0.39, 0.29) is 22.6 Å². The first-order valence-corrected chi connectivity index (χ1v) is 8.87. The van der Waals surface area contributed by atoms with E-state index in [1.54, 1.807) is 18.2 Å². The zero-order chi connectivity index (χ0) is 16.6. The van der Waals surface area contributed by atoms with Crippen LogP contribution in [0, 0.1) is 0 Å². The molecule has 6 heteroatoms. The second-order valence-electron chi connectivity index (χ2n) is 5.94. The number of rotatable bonds is 2. The Kier molecular flexibility index (Phi) is 5.00. The van der Waals surface area contributed by atoms with Gasteiger partial charge in [0.25, 0.3) is 11.8 Å². The third kappa shape index (κ3) is 3.15. The molecule has 1 fully saturated rings. The molecule has 2 amide bonds. The Labute approximate surface area is 150 Å². The van der Waals surface area contributed by atoms with Crippen molar-refractivity contribution in [3.05, 3.63) is 38.8 Å². The molecule has 0 atom stereocenters. The van der Waals surface area contributed by atoms with Crippen LogP contribution >= 0.6 is 34.8 Å². The average Bonchev–Trinajstić information content (AvgIpc) is 2.71. The predicted octanol–water partition coefficient (Wildman–Crippen LogP) is 5.03. The summed E-state index contributed by atoms with van der Waals surface area (Å²) in [7, 11) is 0. The van der Waals surface area contributed by atoms with Crippen molar-refractivity contribution in [3.8, 4) is 0 Å². The van der Waals surface area contributed by atoms with Gasteiger partial charge < -0.3 is 0 Å². The lowest BCUT2D eigenvalue weighted by Crippen LogP contribution is -2.40.